The van der Waals surface area contributed by atoms with Crippen LogP contribution in [-0.4, -0.2) is 11.6 Å². The molecule has 0 saturated carbocycles. The fourth-order valence-electron chi connectivity index (χ4n) is 3.17. The fraction of sp³-hybridized carbons (Fsp3) is 0.222. The van der Waals surface area contributed by atoms with Crippen LogP contribution < -0.4 is 0 Å². The fourth-order valence-corrected chi connectivity index (χ4v) is 3.17. The van der Waals surface area contributed by atoms with Crippen molar-refractivity contribution in [2.45, 2.75) is 19.4 Å². The second-order valence-electron chi connectivity index (χ2n) is 5.48. The van der Waals surface area contributed by atoms with E-state index in [1.54, 1.807) is 0 Å². The number of para-hydroxylation sites is 1. The van der Waals surface area contributed by atoms with Crippen LogP contribution in [0.1, 0.15) is 28.5 Å². The van der Waals surface area contributed by atoms with E-state index in [0.29, 0.717) is 0 Å². The van der Waals surface area contributed by atoms with Crippen LogP contribution in [-0.2, 0) is 11.2 Å². The van der Waals surface area contributed by atoms with E-state index in [0.717, 1.165) is 13.0 Å². The average molecular weight is 263 g/mol. The molecular weight excluding hydrogens is 246 g/mol. The van der Waals surface area contributed by atoms with Crippen molar-refractivity contribution in [1.29, 1.82) is 0 Å². The maximum absolute atomic E-state index is 6.04. The summed E-state index contributed by atoms with van der Waals surface area (Å²) >= 11 is 0. The van der Waals surface area contributed by atoms with Gasteiger partial charge in [0.1, 0.15) is 6.10 Å². The summed E-state index contributed by atoms with van der Waals surface area (Å²) in [7, 11) is 0. The van der Waals surface area contributed by atoms with Crippen molar-refractivity contribution >= 4 is 10.9 Å². The molecule has 100 valence electrons. The third kappa shape index (κ3) is 1.76. The Morgan fingerprint density at radius 3 is 2.90 bits per heavy atom. The lowest BCUT2D eigenvalue weighted by Gasteiger charge is -2.24. The normalized spacial score (nSPS) is 18.1. The molecule has 0 bridgehead atoms. The summed E-state index contributed by atoms with van der Waals surface area (Å²) in [4.78, 5) is 3.56. The lowest BCUT2D eigenvalue weighted by molar-refractivity contribution is 0.0677. The van der Waals surface area contributed by atoms with Crippen LogP contribution in [0.4, 0.5) is 0 Å². The van der Waals surface area contributed by atoms with Crippen molar-refractivity contribution in [2.24, 2.45) is 0 Å². The van der Waals surface area contributed by atoms with E-state index >= 15 is 0 Å². The van der Waals surface area contributed by atoms with E-state index in [9.17, 15) is 0 Å². The Balaban J connectivity index is 1.90. The lowest BCUT2D eigenvalue weighted by atomic mass is 9.97. The van der Waals surface area contributed by atoms with E-state index in [2.05, 4.69) is 60.4 Å². The Morgan fingerprint density at radius 1 is 1.10 bits per heavy atom. The number of aryl methyl sites for hydroxylation is 1. The summed E-state index contributed by atoms with van der Waals surface area (Å²) in [6.07, 6.45) is 1.02. The standard InChI is InChI=1S/C18H17NO/c1-12-5-4-6-13(11-12)18-17-15(9-10-20-18)14-7-2-3-8-16(14)19-17/h2-8,11,18-19H,9-10H2,1H3/t18-/m1/s1. The van der Waals surface area contributed by atoms with Crippen molar-refractivity contribution < 1.29 is 4.74 Å². The molecule has 0 spiro atoms. The van der Waals surface area contributed by atoms with Crippen molar-refractivity contribution in [3.63, 3.8) is 0 Å². The van der Waals surface area contributed by atoms with Gasteiger partial charge in [-0.15, -0.1) is 0 Å². The molecule has 0 unspecified atom stereocenters. The van der Waals surface area contributed by atoms with E-state index in [1.807, 2.05) is 0 Å². The first-order valence-corrected chi connectivity index (χ1v) is 7.10. The molecule has 1 atom stereocenters. The van der Waals surface area contributed by atoms with Gasteiger partial charge in [0.15, 0.2) is 0 Å². The minimum atomic E-state index is 0.0334. The Morgan fingerprint density at radius 2 is 2.00 bits per heavy atom. The first-order chi connectivity index (χ1) is 9.83. The summed E-state index contributed by atoms with van der Waals surface area (Å²) in [5, 5.41) is 1.34. The summed E-state index contributed by atoms with van der Waals surface area (Å²) in [5.74, 6) is 0. The highest BCUT2D eigenvalue weighted by Crippen LogP contribution is 2.36. The number of aromatic nitrogens is 1. The number of hydrogen-bond donors (Lipinski definition) is 1. The van der Waals surface area contributed by atoms with Crippen LogP contribution in [0.25, 0.3) is 10.9 Å². The summed E-state index contributed by atoms with van der Waals surface area (Å²) in [6.45, 7) is 2.91. The van der Waals surface area contributed by atoms with Crippen molar-refractivity contribution in [3.05, 3.63) is 70.9 Å². The van der Waals surface area contributed by atoms with E-state index in [4.69, 9.17) is 4.74 Å². The van der Waals surface area contributed by atoms with E-state index < -0.39 is 0 Å². The summed E-state index contributed by atoms with van der Waals surface area (Å²) < 4.78 is 6.04. The molecule has 1 aliphatic heterocycles. The molecule has 0 aliphatic carbocycles. The van der Waals surface area contributed by atoms with Gasteiger partial charge in [-0.1, -0.05) is 48.0 Å². The number of benzene rings is 2. The zero-order chi connectivity index (χ0) is 13.5. The van der Waals surface area contributed by atoms with Crippen molar-refractivity contribution in [3.8, 4) is 0 Å². The second kappa shape index (κ2) is 4.50. The largest absolute Gasteiger partial charge is 0.367 e. The van der Waals surface area contributed by atoms with Crippen molar-refractivity contribution in [1.82, 2.24) is 4.98 Å². The topological polar surface area (TPSA) is 25.0 Å². The Labute approximate surface area is 118 Å². The zero-order valence-electron chi connectivity index (χ0n) is 11.5. The third-order valence-corrected chi connectivity index (χ3v) is 4.09. The highest BCUT2D eigenvalue weighted by Gasteiger charge is 2.26. The highest BCUT2D eigenvalue weighted by atomic mass is 16.5. The van der Waals surface area contributed by atoms with Gasteiger partial charge in [0.2, 0.25) is 0 Å². The quantitative estimate of drug-likeness (QED) is 0.701. The molecule has 0 amide bonds. The minimum Gasteiger partial charge on any atom is -0.367 e. The number of hydrogen-bond acceptors (Lipinski definition) is 1. The van der Waals surface area contributed by atoms with Gasteiger partial charge in [-0.25, -0.2) is 0 Å². The number of rotatable bonds is 1. The second-order valence-corrected chi connectivity index (χ2v) is 5.48. The molecule has 3 aromatic rings. The molecule has 20 heavy (non-hydrogen) atoms. The minimum absolute atomic E-state index is 0.0334. The molecule has 2 aromatic carbocycles. The van der Waals surface area contributed by atoms with Crippen molar-refractivity contribution in [2.75, 3.05) is 6.61 Å². The van der Waals surface area contributed by atoms with Gasteiger partial charge in [-0.05, 0) is 30.5 Å². The molecule has 2 nitrogen and oxygen atoms in total. The summed E-state index contributed by atoms with van der Waals surface area (Å²) in [5.41, 5.74) is 6.36. The predicted octanol–water partition coefficient (Wildman–Crippen LogP) is 4.14. The average Bonchev–Trinajstić information content (AvgIpc) is 2.86. The molecule has 0 radical (unpaired) electrons. The van der Waals surface area contributed by atoms with Gasteiger partial charge in [-0.3, -0.25) is 0 Å². The number of aromatic amines is 1. The molecule has 0 fully saturated rings. The molecule has 1 aliphatic rings. The van der Waals surface area contributed by atoms with Gasteiger partial charge in [-0.2, -0.15) is 0 Å². The van der Waals surface area contributed by atoms with Crippen LogP contribution in [0.3, 0.4) is 0 Å². The third-order valence-electron chi connectivity index (χ3n) is 4.09. The summed E-state index contributed by atoms with van der Waals surface area (Å²) in [6, 6.07) is 17.1. The Kier molecular flexibility index (Phi) is 2.64. The first-order valence-electron chi connectivity index (χ1n) is 7.10. The molecular formula is C18H17NO. The molecule has 4 rings (SSSR count). The van der Waals surface area contributed by atoms with E-state index in [-0.39, 0.29) is 6.10 Å². The smallest absolute Gasteiger partial charge is 0.123 e. The van der Waals surface area contributed by atoms with Crippen LogP contribution in [0, 0.1) is 6.92 Å². The van der Waals surface area contributed by atoms with Gasteiger partial charge >= 0.3 is 0 Å². The molecule has 1 aromatic heterocycles. The zero-order valence-corrected chi connectivity index (χ0v) is 11.5. The molecule has 2 heteroatoms. The highest BCUT2D eigenvalue weighted by molar-refractivity contribution is 5.85. The monoisotopic (exact) mass is 263 g/mol. The number of H-pyrrole nitrogens is 1. The Hall–Kier alpha value is -2.06. The number of ether oxygens (including phenoxy) is 1. The van der Waals surface area contributed by atoms with Gasteiger partial charge in [0, 0.05) is 10.9 Å². The number of nitrogens with one attached hydrogen (secondary N) is 1. The van der Waals surface area contributed by atoms with Gasteiger partial charge < -0.3 is 9.72 Å². The van der Waals surface area contributed by atoms with Crippen LogP contribution in [0.2, 0.25) is 0 Å². The van der Waals surface area contributed by atoms with E-state index in [1.165, 1.54) is 33.3 Å². The maximum atomic E-state index is 6.04. The van der Waals surface area contributed by atoms with Crippen LogP contribution in [0.15, 0.2) is 48.5 Å². The molecule has 1 N–H and O–H groups in total. The molecule has 2 heterocycles. The van der Waals surface area contributed by atoms with Gasteiger partial charge in [0.05, 0.1) is 12.3 Å². The SMILES string of the molecule is Cc1cccc([C@H]2OCCc3c2[nH]c2ccccc32)c1. The predicted molar refractivity (Wildman–Crippen MR) is 81.0 cm³/mol. The molecule has 0 saturated heterocycles. The van der Waals surface area contributed by atoms with Crippen LogP contribution >= 0.6 is 0 Å². The first kappa shape index (κ1) is 11.7. The Bertz CT molecular complexity index is 772. The van der Waals surface area contributed by atoms with Gasteiger partial charge in [0.25, 0.3) is 0 Å². The maximum Gasteiger partial charge on any atom is 0.123 e. The number of fused-ring (bicyclic) bond motifs is 3. The lowest BCUT2D eigenvalue weighted by Crippen LogP contribution is -2.16. The van der Waals surface area contributed by atoms with Crippen LogP contribution in [0.5, 0.6) is 0 Å².